The molecule has 1 aliphatic rings. The molecule has 182 valence electrons. The van der Waals surface area contributed by atoms with Crippen molar-refractivity contribution in [1.29, 1.82) is 0 Å². The summed E-state index contributed by atoms with van der Waals surface area (Å²) in [5.74, 6) is 0.359. The van der Waals surface area contributed by atoms with Crippen LogP contribution < -0.4 is 15.4 Å². The molecule has 0 aromatic heterocycles. The van der Waals surface area contributed by atoms with E-state index < -0.39 is 0 Å². The highest BCUT2D eigenvalue weighted by atomic mass is 35.5. The Morgan fingerprint density at radius 2 is 1.57 bits per heavy atom. The van der Waals surface area contributed by atoms with Crippen LogP contribution in [0.4, 0.5) is 10.5 Å². The first-order chi connectivity index (χ1) is 17.0. The topological polar surface area (TPSA) is 73.9 Å². The summed E-state index contributed by atoms with van der Waals surface area (Å²) in [6, 6.07) is 25.1. The van der Waals surface area contributed by atoms with E-state index in [0.29, 0.717) is 24.5 Å². The van der Waals surface area contributed by atoms with Gasteiger partial charge in [-0.2, -0.15) is 0 Å². The largest absolute Gasteiger partial charge is 0.484 e. The zero-order valence-corrected chi connectivity index (χ0v) is 20.4. The number of piperazine rings is 1. The van der Waals surface area contributed by atoms with Gasteiger partial charge < -0.3 is 20.3 Å². The molecule has 0 bridgehead atoms. The summed E-state index contributed by atoms with van der Waals surface area (Å²) >= 11 is 6.58. The Hall–Kier alpha value is -3.55. The average molecular weight is 493 g/mol. The first-order valence-corrected chi connectivity index (χ1v) is 12.0. The molecule has 0 saturated carbocycles. The monoisotopic (exact) mass is 492 g/mol. The Labute approximate surface area is 210 Å². The summed E-state index contributed by atoms with van der Waals surface area (Å²) in [5, 5.41) is 6.19. The van der Waals surface area contributed by atoms with Crippen LogP contribution in [0.3, 0.4) is 0 Å². The van der Waals surface area contributed by atoms with E-state index in [2.05, 4.69) is 33.7 Å². The smallest absolute Gasteiger partial charge is 0.321 e. The van der Waals surface area contributed by atoms with Crippen LogP contribution >= 0.6 is 11.6 Å². The van der Waals surface area contributed by atoms with Crippen LogP contribution in [0.25, 0.3) is 0 Å². The van der Waals surface area contributed by atoms with Gasteiger partial charge in [0, 0.05) is 43.9 Å². The Balaban J connectivity index is 1.37. The molecule has 3 amide bonds. The summed E-state index contributed by atoms with van der Waals surface area (Å²) in [4.78, 5) is 28.4. The van der Waals surface area contributed by atoms with Gasteiger partial charge in [-0.25, -0.2) is 4.79 Å². The third-order valence-electron chi connectivity index (χ3n) is 6.04. The highest BCUT2D eigenvalue weighted by Crippen LogP contribution is 2.33. The third-order valence-corrected chi connectivity index (χ3v) is 6.38. The normalized spacial score (nSPS) is 14.7. The molecule has 2 N–H and O–H groups in total. The van der Waals surface area contributed by atoms with Crippen LogP contribution in [-0.2, 0) is 4.79 Å². The van der Waals surface area contributed by atoms with E-state index >= 15 is 0 Å². The van der Waals surface area contributed by atoms with E-state index in [9.17, 15) is 9.59 Å². The van der Waals surface area contributed by atoms with E-state index in [-0.39, 0.29) is 24.6 Å². The zero-order chi connectivity index (χ0) is 24.6. The Bertz CT molecular complexity index is 1130. The SMILES string of the molecule is CNC(=O)COc1ccc(NC(=O)N2CCN(C(c3ccccc3)c3ccccc3Cl)CC2)cc1. The van der Waals surface area contributed by atoms with E-state index in [1.54, 1.807) is 31.3 Å². The number of ether oxygens (including phenoxy) is 1. The molecule has 0 spiro atoms. The third kappa shape index (κ3) is 6.32. The molecule has 7 nitrogen and oxygen atoms in total. The van der Waals surface area contributed by atoms with Gasteiger partial charge in [0.25, 0.3) is 5.91 Å². The van der Waals surface area contributed by atoms with Gasteiger partial charge in [-0.05, 0) is 41.5 Å². The summed E-state index contributed by atoms with van der Waals surface area (Å²) < 4.78 is 5.40. The molecule has 0 aliphatic carbocycles. The lowest BCUT2D eigenvalue weighted by atomic mass is 9.96. The molecule has 1 aliphatic heterocycles. The number of benzene rings is 3. The predicted octanol–water partition coefficient (Wildman–Crippen LogP) is 4.40. The van der Waals surface area contributed by atoms with Crippen molar-refractivity contribution in [3.05, 3.63) is 95.0 Å². The Morgan fingerprint density at radius 3 is 2.23 bits per heavy atom. The zero-order valence-electron chi connectivity index (χ0n) is 19.6. The summed E-state index contributed by atoms with van der Waals surface area (Å²) in [6.07, 6.45) is 0. The molecular formula is C27H29ClN4O3. The lowest BCUT2D eigenvalue weighted by molar-refractivity contribution is -0.122. The van der Waals surface area contributed by atoms with E-state index in [0.717, 1.165) is 23.7 Å². The molecule has 0 radical (unpaired) electrons. The number of halogens is 1. The van der Waals surface area contributed by atoms with Gasteiger partial charge in [0.05, 0.1) is 6.04 Å². The van der Waals surface area contributed by atoms with Crippen molar-refractivity contribution >= 4 is 29.2 Å². The molecule has 8 heteroatoms. The number of anilines is 1. The van der Waals surface area contributed by atoms with Crippen LogP contribution in [0.1, 0.15) is 17.2 Å². The van der Waals surface area contributed by atoms with Crippen molar-refractivity contribution in [2.75, 3.05) is 45.2 Å². The molecule has 1 atom stereocenters. The fourth-order valence-corrected chi connectivity index (χ4v) is 4.40. The first-order valence-electron chi connectivity index (χ1n) is 11.6. The van der Waals surface area contributed by atoms with Gasteiger partial charge in [-0.3, -0.25) is 9.69 Å². The number of carbonyl (C=O) groups is 2. The average Bonchev–Trinajstić information content (AvgIpc) is 2.90. The predicted molar refractivity (Wildman–Crippen MR) is 138 cm³/mol. The van der Waals surface area contributed by atoms with Gasteiger partial charge in [-0.1, -0.05) is 60.1 Å². The number of carbonyl (C=O) groups excluding carboxylic acids is 2. The first kappa shape index (κ1) is 24.6. The van der Waals surface area contributed by atoms with Crippen molar-refractivity contribution in [1.82, 2.24) is 15.1 Å². The second-order valence-corrected chi connectivity index (χ2v) is 8.68. The number of hydrogen-bond donors (Lipinski definition) is 2. The number of nitrogens with one attached hydrogen (secondary N) is 2. The Morgan fingerprint density at radius 1 is 0.914 bits per heavy atom. The standard InChI is InChI=1S/C27H29ClN4O3/c1-29-25(33)19-35-22-13-11-21(12-14-22)30-27(34)32-17-15-31(16-18-32)26(20-7-3-2-4-8-20)23-9-5-6-10-24(23)28/h2-14,26H,15-19H2,1H3,(H,29,33)(H,30,34). The second-order valence-electron chi connectivity index (χ2n) is 8.27. The molecule has 1 fully saturated rings. The Kier molecular flexibility index (Phi) is 8.23. The van der Waals surface area contributed by atoms with Crippen molar-refractivity contribution in [3.8, 4) is 5.75 Å². The number of hydrogen-bond acceptors (Lipinski definition) is 4. The number of amides is 3. The fourth-order valence-electron chi connectivity index (χ4n) is 4.16. The van der Waals surface area contributed by atoms with Gasteiger partial charge in [0.15, 0.2) is 6.61 Å². The lowest BCUT2D eigenvalue weighted by Gasteiger charge is -2.40. The van der Waals surface area contributed by atoms with Crippen molar-refractivity contribution in [2.45, 2.75) is 6.04 Å². The number of nitrogens with zero attached hydrogens (tertiary/aromatic N) is 2. The van der Waals surface area contributed by atoms with E-state index in [1.165, 1.54) is 5.56 Å². The summed E-state index contributed by atoms with van der Waals surface area (Å²) in [7, 11) is 1.56. The van der Waals surface area contributed by atoms with Crippen molar-refractivity contribution < 1.29 is 14.3 Å². The number of urea groups is 1. The molecule has 4 rings (SSSR count). The van der Waals surface area contributed by atoms with Crippen LogP contribution in [0.5, 0.6) is 5.75 Å². The minimum Gasteiger partial charge on any atom is -0.484 e. The van der Waals surface area contributed by atoms with Crippen LogP contribution in [0.15, 0.2) is 78.9 Å². The van der Waals surface area contributed by atoms with Gasteiger partial charge in [-0.15, -0.1) is 0 Å². The van der Waals surface area contributed by atoms with Crippen LogP contribution in [0.2, 0.25) is 5.02 Å². The van der Waals surface area contributed by atoms with E-state index in [4.69, 9.17) is 16.3 Å². The number of likely N-dealkylation sites (N-methyl/N-ethyl adjacent to an activating group) is 1. The molecule has 1 saturated heterocycles. The minimum absolute atomic E-state index is 0.0254. The van der Waals surface area contributed by atoms with Crippen molar-refractivity contribution in [3.63, 3.8) is 0 Å². The lowest BCUT2D eigenvalue weighted by Crippen LogP contribution is -2.51. The summed E-state index contributed by atoms with van der Waals surface area (Å²) in [6.45, 7) is 2.61. The molecule has 3 aromatic rings. The summed E-state index contributed by atoms with van der Waals surface area (Å²) in [5.41, 5.74) is 2.91. The maximum Gasteiger partial charge on any atom is 0.321 e. The maximum absolute atomic E-state index is 12.9. The highest BCUT2D eigenvalue weighted by Gasteiger charge is 2.29. The van der Waals surface area contributed by atoms with Crippen LogP contribution in [-0.4, -0.2) is 61.6 Å². The maximum atomic E-state index is 12.9. The second kappa shape index (κ2) is 11.7. The minimum atomic E-state index is -0.203. The van der Waals surface area contributed by atoms with Gasteiger partial charge in [0.1, 0.15) is 5.75 Å². The molecule has 3 aromatic carbocycles. The molecule has 1 heterocycles. The van der Waals surface area contributed by atoms with E-state index in [1.807, 2.05) is 41.3 Å². The van der Waals surface area contributed by atoms with Crippen LogP contribution in [0, 0.1) is 0 Å². The molecular weight excluding hydrogens is 464 g/mol. The molecule has 35 heavy (non-hydrogen) atoms. The molecule has 1 unspecified atom stereocenters. The highest BCUT2D eigenvalue weighted by molar-refractivity contribution is 6.31. The number of rotatable bonds is 7. The van der Waals surface area contributed by atoms with Gasteiger partial charge >= 0.3 is 6.03 Å². The van der Waals surface area contributed by atoms with Crippen molar-refractivity contribution in [2.24, 2.45) is 0 Å². The van der Waals surface area contributed by atoms with Gasteiger partial charge in [0.2, 0.25) is 0 Å². The fraction of sp³-hybridized carbons (Fsp3) is 0.259. The quantitative estimate of drug-likeness (QED) is 0.512.